The molecular formula is C34H37ClN6O3. The molecule has 228 valence electrons. The maximum Gasteiger partial charge on any atom is 0.251 e. The third kappa shape index (κ3) is 7.17. The van der Waals surface area contributed by atoms with Crippen LogP contribution in [-0.2, 0) is 11.2 Å². The number of fused-ring (bicyclic) bond motifs is 3. The van der Waals surface area contributed by atoms with Gasteiger partial charge in [-0.1, -0.05) is 49.2 Å². The standard InChI is InChI=1S/C34H37ClN6O3/c1-4-8-23-9-7-10-25(19-23)34(43)37-18-6-5-17-36-31(42)21-29-33-40-39-22(2)41(33)30-16-15-27(44-3)20-28(30)32(38-29)24-11-13-26(35)14-12-24/h7,9-16,19-20,29H,4-6,8,17-18,21H2,1-3H3,(H,36,42)(H,37,43)/t29-/m0/s1. The van der Waals surface area contributed by atoms with Gasteiger partial charge in [-0.2, -0.15) is 0 Å². The van der Waals surface area contributed by atoms with Crippen molar-refractivity contribution < 1.29 is 14.3 Å². The van der Waals surface area contributed by atoms with E-state index in [1.807, 2.05) is 78.2 Å². The topological polar surface area (TPSA) is 110 Å². The number of amides is 2. The van der Waals surface area contributed by atoms with Crippen LogP contribution in [0.15, 0.2) is 71.7 Å². The van der Waals surface area contributed by atoms with E-state index in [1.54, 1.807) is 7.11 Å². The van der Waals surface area contributed by atoms with Gasteiger partial charge in [-0.05, 0) is 74.2 Å². The lowest BCUT2D eigenvalue weighted by Crippen LogP contribution is -2.28. The Morgan fingerprint density at radius 2 is 1.75 bits per heavy atom. The fourth-order valence-corrected chi connectivity index (χ4v) is 5.49. The van der Waals surface area contributed by atoms with E-state index in [2.05, 4.69) is 27.8 Å². The Hall–Kier alpha value is -4.50. The first-order valence-corrected chi connectivity index (χ1v) is 15.3. The molecule has 10 heteroatoms. The van der Waals surface area contributed by atoms with Crippen molar-refractivity contribution in [1.82, 2.24) is 25.4 Å². The SMILES string of the molecule is CCCc1cccc(C(=O)NCCCCNC(=O)C[C@@H]2N=C(c3ccc(Cl)cc3)c3cc(OC)ccc3-n3c(C)nnc32)c1. The highest BCUT2D eigenvalue weighted by Gasteiger charge is 2.30. The zero-order valence-corrected chi connectivity index (χ0v) is 26.0. The van der Waals surface area contributed by atoms with Gasteiger partial charge in [0.25, 0.3) is 5.91 Å². The van der Waals surface area contributed by atoms with Crippen molar-refractivity contribution in [1.29, 1.82) is 0 Å². The van der Waals surface area contributed by atoms with E-state index in [0.29, 0.717) is 46.8 Å². The van der Waals surface area contributed by atoms with Crippen molar-refractivity contribution in [2.24, 2.45) is 4.99 Å². The number of methoxy groups -OCH3 is 1. The number of hydrogen-bond donors (Lipinski definition) is 2. The third-order valence-corrected chi connectivity index (χ3v) is 7.82. The zero-order chi connectivity index (χ0) is 31.1. The summed E-state index contributed by atoms with van der Waals surface area (Å²) in [6.07, 6.45) is 3.57. The first-order chi connectivity index (χ1) is 21.4. The molecule has 0 saturated carbocycles. The lowest BCUT2D eigenvalue weighted by atomic mass is 10.00. The number of aryl methyl sites for hydroxylation is 2. The van der Waals surface area contributed by atoms with Gasteiger partial charge in [0.1, 0.15) is 17.6 Å². The molecule has 5 rings (SSSR count). The Morgan fingerprint density at radius 3 is 2.50 bits per heavy atom. The molecule has 1 atom stereocenters. The van der Waals surface area contributed by atoms with Crippen LogP contribution in [0.25, 0.3) is 5.69 Å². The molecule has 1 aliphatic rings. The molecule has 4 aromatic rings. The molecule has 2 amide bonds. The van der Waals surface area contributed by atoms with E-state index in [4.69, 9.17) is 21.3 Å². The number of aromatic nitrogens is 3. The summed E-state index contributed by atoms with van der Waals surface area (Å²) in [5.74, 6) is 1.77. The van der Waals surface area contributed by atoms with Crippen LogP contribution < -0.4 is 15.4 Å². The van der Waals surface area contributed by atoms with Crippen LogP contribution in [-0.4, -0.2) is 52.5 Å². The maximum atomic E-state index is 13.2. The first-order valence-electron chi connectivity index (χ1n) is 15.0. The van der Waals surface area contributed by atoms with Gasteiger partial charge < -0.3 is 15.4 Å². The quantitative estimate of drug-likeness (QED) is 0.197. The molecule has 0 aliphatic carbocycles. The monoisotopic (exact) mass is 612 g/mol. The summed E-state index contributed by atoms with van der Waals surface area (Å²) < 4.78 is 7.49. The van der Waals surface area contributed by atoms with E-state index >= 15 is 0 Å². The van der Waals surface area contributed by atoms with E-state index in [1.165, 1.54) is 0 Å². The number of ether oxygens (including phenoxy) is 1. The molecule has 3 aromatic carbocycles. The van der Waals surface area contributed by atoms with Crippen LogP contribution in [0, 0.1) is 6.92 Å². The Morgan fingerprint density at radius 1 is 0.977 bits per heavy atom. The van der Waals surface area contributed by atoms with Gasteiger partial charge >= 0.3 is 0 Å². The number of rotatable bonds is 12. The molecule has 0 fully saturated rings. The fourth-order valence-electron chi connectivity index (χ4n) is 5.36. The molecule has 2 N–H and O–H groups in total. The number of nitrogens with one attached hydrogen (secondary N) is 2. The predicted molar refractivity (Wildman–Crippen MR) is 172 cm³/mol. The first kappa shape index (κ1) is 30.9. The number of carbonyl (C=O) groups excluding carboxylic acids is 2. The predicted octanol–water partition coefficient (Wildman–Crippen LogP) is 5.80. The average molecular weight is 613 g/mol. The Labute approximate surface area is 262 Å². The highest BCUT2D eigenvalue weighted by atomic mass is 35.5. The minimum absolute atomic E-state index is 0.0762. The van der Waals surface area contributed by atoms with Gasteiger partial charge in [-0.25, -0.2) is 0 Å². The number of nitrogens with zero attached hydrogens (tertiary/aromatic N) is 4. The summed E-state index contributed by atoms with van der Waals surface area (Å²) >= 11 is 6.19. The van der Waals surface area contributed by atoms with Crippen LogP contribution >= 0.6 is 11.6 Å². The minimum atomic E-state index is -0.567. The molecule has 9 nitrogen and oxygen atoms in total. The molecule has 1 aromatic heterocycles. The molecule has 44 heavy (non-hydrogen) atoms. The Balaban J connectivity index is 1.24. The van der Waals surface area contributed by atoms with Crippen LogP contribution in [0.5, 0.6) is 5.75 Å². The van der Waals surface area contributed by atoms with Crippen molar-refractivity contribution in [3.63, 3.8) is 0 Å². The van der Waals surface area contributed by atoms with Crippen LogP contribution in [0.1, 0.15) is 77.3 Å². The Bertz CT molecular complexity index is 1660. The molecule has 2 heterocycles. The van der Waals surface area contributed by atoms with Gasteiger partial charge in [0, 0.05) is 34.8 Å². The largest absolute Gasteiger partial charge is 0.497 e. The summed E-state index contributed by atoms with van der Waals surface area (Å²) in [6, 6.07) is 20.5. The van der Waals surface area contributed by atoms with E-state index < -0.39 is 6.04 Å². The molecule has 0 unspecified atom stereocenters. The van der Waals surface area contributed by atoms with Crippen LogP contribution in [0.3, 0.4) is 0 Å². The molecule has 0 saturated heterocycles. The lowest BCUT2D eigenvalue weighted by molar-refractivity contribution is -0.121. The van der Waals surface area contributed by atoms with Gasteiger partial charge in [-0.15, -0.1) is 10.2 Å². The Kier molecular flexibility index (Phi) is 10.1. The lowest BCUT2D eigenvalue weighted by Gasteiger charge is -2.14. The van der Waals surface area contributed by atoms with Gasteiger partial charge in [0.2, 0.25) is 5.91 Å². The number of benzene rings is 3. The van der Waals surface area contributed by atoms with Gasteiger partial charge in [0.15, 0.2) is 5.82 Å². The third-order valence-electron chi connectivity index (χ3n) is 7.57. The molecule has 0 bridgehead atoms. The summed E-state index contributed by atoms with van der Waals surface area (Å²) in [6.45, 7) is 5.03. The van der Waals surface area contributed by atoms with Crippen LogP contribution in [0.4, 0.5) is 0 Å². The average Bonchev–Trinajstić information content (AvgIpc) is 3.35. The van der Waals surface area contributed by atoms with Crippen molar-refractivity contribution in [2.75, 3.05) is 20.2 Å². The van der Waals surface area contributed by atoms with E-state index in [0.717, 1.165) is 48.1 Å². The second-order valence-electron chi connectivity index (χ2n) is 10.8. The molecule has 1 aliphatic heterocycles. The highest BCUT2D eigenvalue weighted by molar-refractivity contribution is 6.30. The summed E-state index contributed by atoms with van der Waals surface area (Å²) in [5.41, 5.74) is 5.13. The maximum absolute atomic E-state index is 13.2. The van der Waals surface area contributed by atoms with Crippen LogP contribution in [0.2, 0.25) is 5.02 Å². The van der Waals surface area contributed by atoms with Crippen molar-refractivity contribution in [2.45, 2.75) is 52.0 Å². The second-order valence-corrected chi connectivity index (χ2v) is 11.2. The number of halogens is 1. The molecular weight excluding hydrogens is 576 g/mol. The van der Waals surface area contributed by atoms with Crippen molar-refractivity contribution in [3.8, 4) is 11.4 Å². The summed E-state index contributed by atoms with van der Waals surface area (Å²) in [4.78, 5) is 30.8. The van der Waals surface area contributed by atoms with Crippen molar-refractivity contribution in [3.05, 3.63) is 106 Å². The fraction of sp³-hybridized carbons (Fsp3) is 0.324. The normalized spacial score (nSPS) is 13.7. The molecule has 0 radical (unpaired) electrons. The number of aliphatic imine (C=N–C) groups is 1. The number of carbonyl (C=O) groups is 2. The van der Waals surface area contributed by atoms with Gasteiger partial charge in [-0.3, -0.25) is 19.1 Å². The smallest absolute Gasteiger partial charge is 0.251 e. The number of unbranched alkanes of at least 4 members (excludes halogenated alkanes) is 1. The van der Waals surface area contributed by atoms with Crippen molar-refractivity contribution >= 4 is 29.1 Å². The summed E-state index contributed by atoms with van der Waals surface area (Å²) in [5, 5.41) is 15.4. The highest BCUT2D eigenvalue weighted by Crippen LogP contribution is 2.34. The molecule has 0 spiro atoms. The zero-order valence-electron chi connectivity index (χ0n) is 25.3. The van der Waals surface area contributed by atoms with Gasteiger partial charge in [0.05, 0.1) is 24.9 Å². The minimum Gasteiger partial charge on any atom is -0.497 e. The second kappa shape index (κ2) is 14.3. The number of hydrogen-bond acceptors (Lipinski definition) is 6. The summed E-state index contributed by atoms with van der Waals surface area (Å²) in [7, 11) is 1.63. The van der Waals surface area contributed by atoms with E-state index in [-0.39, 0.29) is 18.2 Å². The van der Waals surface area contributed by atoms with E-state index in [9.17, 15) is 9.59 Å².